The summed E-state index contributed by atoms with van der Waals surface area (Å²) < 4.78 is 11.6. The van der Waals surface area contributed by atoms with E-state index < -0.39 is 0 Å². The Hall–Kier alpha value is -1.84. The second kappa shape index (κ2) is 11.2. The van der Waals surface area contributed by atoms with Crippen LogP contribution in [0.15, 0.2) is 35.8 Å². The molecule has 0 aromatic carbocycles. The maximum atomic E-state index is 12.2. The van der Waals surface area contributed by atoms with Crippen LogP contribution in [0.5, 0.6) is 0 Å². The quantitative estimate of drug-likeness (QED) is 0.471. The molecule has 4 nitrogen and oxygen atoms in total. The molecule has 0 aromatic heterocycles. The van der Waals surface area contributed by atoms with Crippen molar-refractivity contribution in [1.82, 2.24) is 0 Å². The number of allylic oxidation sites excluding steroid dienone is 6. The van der Waals surface area contributed by atoms with Crippen LogP contribution < -0.4 is 0 Å². The summed E-state index contributed by atoms with van der Waals surface area (Å²) in [6.07, 6.45) is 11.9. The largest absolute Gasteiger partial charge is 0.498 e. The van der Waals surface area contributed by atoms with E-state index in [-0.39, 0.29) is 23.4 Å². The van der Waals surface area contributed by atoms with Crippen LogP contribution in [0.25, 0.3) is 0 Å². The maximum absolute atomic E-state index is 12.2. The highest BCUT2D eigenvalue weighted by Gasteiger charge is 2.23. The number of hydrogen-bond acceptors (Lipinski definition) is 4. The van der Waals surface area contributed by atoms with Crippen LogP contribution in [0, 0.1) is 23.7 Å². The summed E-state index contributed by atoms with van der Waals surface area (Å²) in [6, 6.07) is 0. The number of carbonyl (C=O) groups is 2. The first-order valence-electron chi connectivity index (χ1n) is 10.7. The van der Waals surface area contributed by atoms with Gasteiger partial charge in [-0.25, -0.2) is 0 Å². The third-order valence-electron chi connectivity index (χ3n) is 4.99. The van der Waals surface area contributed by atoms with Crippen LogP contribution in [-0.2, 0) is 19.1 Å². The number of rotatable bonds is 10. The molecule has 0 spiro atoms. The second-order valence-corrected chi connectivity index (χ2v) is 8.76. The van der Waals surface area contributed by atoms with Crippen molar-refractivity contribution in [3.63, 3.8) is 0 Å². The smallest absolute Gasteiger partial charge is 0.140 e. The molecular weight excluding hydrogens is 352 g/mol. The highest BCUT2D eigenvalue weighted by molar-refractivity contribution is 5.84. The number of hydrogen-bond donors (Lipinski definition) is 0. The van der Waals surface area contributed by atoms with E-state index in [2.05, 4.69) is 27.7 Å². The summed E-state index contributed by atoms with van der Waals surface area (Å²) in [5, 5.41) is 0. The molecule has 156 valence electrons. The lowest BCUT2D eigenvalue weighted by molar-refractivity contribution is -0.123. The van der Waals surface area contributed by atoms with Crippen LogP contribution in [0.3, 0.4) is 0 Å². The fraction of sp³-hybridized carbons (Fsp3) is 0.667. The van der Waals surface area contributed by atoms with Gasteiger partial charge in [-0.2, -0.15) is 0 Å². The van der Waals surface area contributed by atoms with E-state index in [9.17, 15) is 9.59 Å². The number of Topliss-reactive ketones (excluding diaryl/α,β-unsaturated/α-hetero) is 2. The van der Waals surface area contributed by atoms with E-state index in [1.165, 1.54) is 0 Å². The summed E-state index contributed by atoms with van der Waals surface area (Å²) in [5.41, 5.74) is 0. The zero-order valence-corrected chi connectivity index (χ0v) is 17.9. The molecule has 0 N–H and O–H groups in total. The summed E-state index contributed by atoms with van der Waals surface area (Å²) in [5.74, 6) is 3.20. The average molecular weight is 389 g/mol. The first kappa shape index (κ1) is 22.4. The Labute approximate surface area is 170 Å². The van der Waals surface area contributed by atoms with Crippen molar-refractivity contribution in [3.8, 4) is 0 Å². The Morgan fingerprint density at radius 1 is 0.786 bits per heavy atom. The minimum Gasteiger partial charge on any atom is -0.498 e. The van der Waals surface area contributed by atoms with Crippen LogP contribution in [-0.4, -0.2) is 24.8 Å². The van der Waals surface area contributed by atoms with Gasteiger partial charge in [0.15, 0.2) is 0 Å². The normalized spacial score (nSPS) is 23.4. The van der Waals surface area contributed by atoms with Gasteiger partial charge in [0.05, 0.1) is 24.7 Å². The van der Waals surface area contributed by atoms with E-state index in [1.54, 1.807) is 0 Å². The Morgan fingerprint density at radius 3 is 1.54 bits per heavy atom. The Balaban J connectivity index is 1.85. The zero-order valence-electron chi connectivity index (χ0n) is 17.9. The first-order chi connectivity index (χ1) is 13.3. The third-order valence-corrected chi connectivity index (χ3v) is 4.99. The molecule has 0 unspecified atom stereocenters. The molecule has 0 fully saturated rings. The molecule has 28 heavy (non-hydrogen) atoms. The minimum atomic E-state index is -0.102. The van der Waals surface area contributed by atoms with Crippen LogP contribution in [0.1, 0.15) is 66.2 Å². The lowest BCUT2D eigenvalue weighted by Crippen LogP contribution is -2.19. The van der Waals surface area contributed by atoms with Crippen molar-refractivity contribution in [1.29, 1.82) is 0 Å². The highest BCUT2D eigenvalue weighted by Crippen LogP contribution is 2.26. The molecule has 0 saturated carbocycles. The number of ketones is 2. The molecule has 0 aliphatic heterocycles. The van der Waals surface area contributed by atoms with E-state index in [0.29, 0.717) is 63.6 Å². The molecule has 2 aliphatic carbocycles. The molecular formula is C24H36O4. The minimum absolute atomic E-state index is 0.102. The van der Waals surface area contributed by atoms with Gasteiger partial charge in [-0.05, 0) is 36.8 Å². The van der Waals surface area contributed by atoms with E-state index >= 15 is 0 Å². The topological polar surface area (TPSA) is 52.6 Å². The van der Waals surface area contributed by atoms with Gasteiger partial charge in [0, 0.05) is 37.5 Å². The van der Waals surface area contributed by atoms with Crippen molar-refractivity contribution >= 4 is 11.6 Å². The zero-order chi connectivity index (χ0) is 20.5. The summed E-state index contributed by atoms with van der Waals surface area (Å²) >= 11 is 0. The van der Waals surface area contributed by atoms with Gasteiger partial charge in [-0.15, -0.1) is 0 Å². The summed E-state index contributed by atoms with van der Waals surface area (Å²) in [6.45, 7) is 9.87. The predicted molar refractivity (Wildman–Crippen MR) is 112 cm³/mol. The molecule has 4 heteroatoms. The fourth-order valence-corrected chi connectivity index (χ4v) is 3.34. The molecule has 0 amide bonds. The molecule has 0 heterocycles. The molecule has 0 saturated heterocycles. The third kappa shape index (κ3) is 7.65. The second-order valence-electron chi connectivity index (χ2n) is 8.76. The molecule has 0 bridgehead atoms. The van der Waals surface area contributed by atoms with Gasteiger partial charge in [-0.1, -0.05) is 39.8 Å². The van der Waals surface area contributed by atoms with Crippen molar-refractivity contribution in [2.45, 2.75) is 66.2 Å². The van der Waals surface area contributed by atoms with Gasteiger partial charge >= 0.3 is 0 Å². The molecule has 2 rings (SSSR count). The molecule has 0 radical (unpaired) electrons. The van der Waals surface area contributed by atoms with Gasteiger partial charge in [0.1, 0.15) is 11.6 Å². The number of carbonyl (C=O) groups excluding carboxylic acids is 2. The lowest BCUT2D eigenvalue weighted by Gasteiger charge is -2.21. The Kier molecular flexibility index (Phi) is 9.01. The Bertz CT molecular complexity index is 571. The SMILES string of the molecule is CC(C)COC1=C[C@@H](C/C=C/C[C@@H]2C=C(OCC(C)C)CCC2=O)C(=O)CC1. The van der Waals surface area contributed by atoms with Gasteiger partial charge < -0.3 is 9.47 Å². The van der Waals surface area contributed by atoms with Gasteiger partial charge in [0.25, 0.3) is 0 Å². The average Bonchev–Trinajstić information content (AvgIpc) is 2.65. The standard InChI is InChI=1S/C24H36O4/c1-17(2)15-27-21-9-11-23(25)19(13-21)7-5-6-8-20-14-22(10-12-24(20)26)28-16-18(3)4/h5-6,13-14,17-20H,7-12,15-16H2,1-4H3/b6-5+/t19-,20-/m1/s1. The van der Waals surface area contributed by atoms with E-state index in [1.807, 2.05) is 24.3 Å². The summed E-state index contributed by atoms with van der Waals surface area (Å²) in [7, 11) is 0. The fourth-order valence-electron chi connectivity index (χ4n) is 3.34. The molecule has 2 atom stereocenters. The lowest BCUT2D eigenvalue weighted by atomic mass is 9.88. The van der Waals surface area contributed by atoms with Crippen molar-refractivity contribution in [2.75, 3.05) is 13.2 Å². The van der Waals surface area contributed by atoms with Crippen LogP contribution in [0.4, 0.5) is 0 Å². The monoisotopic (exact) mass is 388 g/mol. The van der Waals surface area contributed by atoms with E-state index in [0.717, 1.165) is 11.5 Å². The predicted octanol–water partition coefficient (Wildman–Crippen LogP) is 5.39. The highest BCUT2D eigenvalue weighted by atomic mass is 16.5. The van der Waals surface area contributed by atoms with Crippen molar-refractivity contribution in [3.05, 3.63) is 35.8 Å². The maximum Gasteiger partial charge on any atom is 0.140 e. The first-order valence-corrected chi connectivity index (χ1v) is 10.7. The number of ether oxygens (including phenoxy) is 2. The van der Waals surface area contributed by atoms with Gasteiger partial charge in [-0.3, -0.25) is 9.59 Å². The van der Waals surface area contributed by atoms with Crippen molar-refractivity contribution < 1.29 is 19.1 Å². The van der Waals surface area contributed by atoms with Crippen LogP contribution >= 0.6 is 0 Å². The van der Waals surface area contributed by atoms with Crippen LogP contribution in [0.2, 0.25) is 0 Å². The molecule has 2 aliphatic rings. The van der Waals surface area contributed by atoms with E-state index in [4.69, 9.17) is 9.47 Å². The Morgan fingerprint density at radius 2 is 1.18 bits per heavy atom. The summed E-state index contributed by atoms with van der Waals surface area (Å²) in [4.78, 5) is 24.4. The van der Waals surface area contributed by atoms with Crippen molar-refractivity contribution in [2.24, 2.45) is 23.7 Å². The van der Waals surface area contributed by atoms with Gasteiger partial charge in [0.2, 0.25) is 0 Å². The molecule has 0 aromatic rings.